The Morgan fingerprint density at radius 3 is 2.41 bits per heavy atom. The van der Waals surface area contributed by atoms with E-state index in [9.17, 15) is 8.42 Å². The summed E-state index contributed by atoms with van der Waals surface area (Å²) < 4.78 is 38.0. The van der Waals surface area contributed by atoms with E-state index in [0.717, 1.165) is 18.8 Å². The topological polar surface area (TPSA) is 62.3 Å². The molecule has 3 fully saturated rings. The van der Waals surface area contributed by atoms with Gasteiger partial charge in [0.05, 0.1) is 18.1 Å². The van der Waals surface area contributed by atoms with Crippen molar-refractivity contribution in [1.29, 1.82) is 0 Å². The zero-order valence-corrected chi connectivity index (χ0v) is 18.0. The zero-order valence-electron chi connectivity index (χ0n) is 17.2. The van der Waals surface area contributed by atoms with E-state index in [-0.39, 0.29) is 0 Å². The van der Waals surface area contributed by atoms with E-state index in [1.807, 2.05) is 0 Å². The van der Waals surface area contributed by atoms with Gasteiger partial charge in [0.1, 0.15) is 12.4 Å². The summed E-state index contributed by atoms with van der Waals surface area (Å²) in [5, 5.41) is 0. The summed E-state index contributed by atoms with van der Waals surface area (Å²) in [5.41, 5.74) is 0. The molecule has 0 amide bonds. The number of nitrogens with zero attached hydrogens (tertiary/aromatic N) is 3. The highest BCUT2D eigenvalue weighted by Crippen LogP contribution is 2.22. The van der Waals surface area contributed by atoms with Crippen LogP contribution in [0, 0.1) is 0 Å². The lowest BCUT2D eigenvalue weighted by atomic mass is 10.2. The van der Waals surface area contributed by atoms with Crippen LogP contribution >= 0.6 is 0 Å². The molecular weight excluding hydrogens is 390 g/mol. The van der Waals surface area contributed by atoms with Crippen LogP contribution in [-0.2, 0) is 14.8 Å². The molecule has 3 heterocycles. The zero-order chi connectivity index (χ0) is 20.1. The van der Waals surface area contributed by atoms with Crippen LogP contribution in [0.5, 0.6) is 5.75 Å². The summed E-state index contributed by atoms with van der Waals surface area (Å²) in [6.07, 6.45) is 5.23. The maximum Gasteiger partial charge on any atom is 0.243 e. The fourth-order valence-corrected chi connectivity index (χ4v) is 5.99. The molecule has 0 bridgehead atoms. The molecule has 3 aliphatic heterocycles. The molecule has 7 nitrogen and oxygen atoms in total. The number of rotatable bonds is 8. The second kappa shape index (κ2) is 9.75. The average molecular weight is 424 g/mol. The molecule has 29 heavy (non-hydrogen) atoms. The third-order valence-electron chi connectivity index (χ3n) is 6.25. The molecule has 8 heteroatoms. The van der Waals surface area contributed by atoms with Crippen molar-refractivity contribution in [2.75, 3.05) is 65.6 Å². The third-order valence-corrected chi connectivity index (χ3v) is 8.16. The summed E-state index contributed by atoms with van der Waals surface area (Å²) in [6.45, 7) is 8.13. The van der Waals surface area contributed by atoms with Gasteiger partial charge in [-0.15, -0.1) is 0 Å². The van der Waals surface area contributed by atoms with Crippen molar-refractivity contribution in [2.45, 2.75) is 36.6 Å². The van der Waals surface area contributed by atoms with Gasteiger partial charge in [-0.1, -0.05) is 0 Å². The molecule has 0 saturated carbocycles. The second-order valence-electron chi connectivity index (χ2n) is 8.18. The van der Waals surface area contributed by atoms with Crippen molar-refractivity contribution in [3.05, 3.63) is 24.3 Å². The van der Waals surface area contributed by atoms with Crippen LogP contribution in [0.2, 0.25) is 0 Å². The van der Waals surface area contributed by atoms with E-state index in [1.165, 1.54) is 49.6 Å². The van der Waals surface area contributed by atoms with E-state index < -0.39 is 10.0 Å². The fourth-order valence-electron chi connectivity index (χ4n) is 4.58. The average Bonchev–Trinajstić information content (AvgIpc) is 3.42. The van der Waals surface area contributed by atoms with Gasteiger partial charge in [-0.3, -0.25) is 4.90 Å². The third kappa shape index (κ3) is 5.30. The first-order chi connectivity index (χ1) is 14.1. The highest BCUT2D eigenvalue weighted by Gasteiger charge is 2.28. The molecular formula is C21H33N3O4S. The van der Waals surface area contributed by atoms with Crippen LogP contribution in [-0.4, -0.2) is 94.2 Å². The number of hydrogen-bond donors (Lipinski definition) is 0. The minimum Gasteiger partial charge on any atom is -0.492 e. The van der Waals surface area contributed by atoms with Gasteiger partial charge in [-0.05, 0) is 69.6 Å². The summed E-state index contributed by atoms with van der Waals surface area (Å²) in [6, 6.07) is 7.47. The summed E-state index contributed by atoms with van der Waals surface area (Å²) in [4.78, 5) is 5.46. The normalized spacial score (nSPS) is 24.9. The van der Waals surface area contributed by atoms with Gasteiger partial charge in [0.15, 0.2) is 0 Å². The van der Waals surface area contributed by atoms with E-state index >= 15 is 0 Å². The molecule has 1 aromatic carbocycles. The van der Waals surface area contributed by atoms with E-state index in [0.29, 0.717) is 43.8 Å². The Labute approximate surface area is 174 Å². The Kier molecular flexibility index (Phi) is 7.08. The Bertz CT molecular complexity index is 744. The van der Waals surface area contributed by atoms with Gasteiger partial charge in [0, 0.05) is 32.2 Å². The fraction of sp³-hybridized carbons (Fsp3) is 0.714. The number of benzene rings is 1. The van der Waals surface area contributed by atoms with Crippen molar-refractivity contribution in [3.8, 4) is 5.75 Å². The quantitative estimate of drug-likeness (QED) is 0.634. The first kappa shape index (κ1) is 21.1. The van der Waals surface area contributed by atoms with Crippen LogP contribution in [0.1, 0.15) is 25.7 Å². The van der Waals surface area contributed by atoms with Gasteiger partial charge in [-0.2, -0.15) is 4.31 Å². The second-order valence-corrected chi connectivity index (χ2v) is 10.1. The summed E-state index contributed by atoms with van der Waals surface area (Å²) in [7, 11) is -3.45. The van der Waals surface area contributed by atoms with Crippen molar-refractivity contribution >= 4 is 10.0 Å². The number of likely N-dealkylation sites (tertiary alicyclic amines) is 2. The molecule has 1 unspecified atom stereocenters. The van der Waals surface area contributed by atoms with Crippen molar-refractivity contribution < 1.29 is 17.9 Å². The molecule has 0 aromatic heterocycles. The Morgan fingerprint density at radius 2 is 1.69 bits per heavy atom. The minimum atomic E-state index is -3.45. The first-order valence-corrected chi connectivity index (χ1v) is 12.3. The molecule has 4 rings (SSSR count). The molecule has 162 valence electrons. The molecule has 1 aromatic rings. The number of ether oxygens (including phenoxy) is 2. The summed E-state index contributed by atoms with van der Waals surface area (Å²) >= 11 is 0. The van der Waals surface area contributed by atoms with Gasteiger partial charge in [0.25, 0.3) is 0 Å². The molecule has 3 aliphatic rings. The SMILES string of the molecule is O=S(=O)(c1ccc(OCCN2CCCC2CN2CCCC2)cc1)N1CCOCC1. The van der Waals surface area contributed by atoms with Crippen molar-refractivity contribution in [1.82, 2.24) is 14.1 Å². The number of hydrogen-bond acceptors (Lipinski definition) is 6. The standard InChI is InChI=1S/C21H33N3O4S/c25-29(26,24-13-15-27-16-14-24)21-7-5-20(6-8-21)28-17-12-23-11-3-4-19(23)18-22-9-1-2-10-22/h5-8,19H,1-4,9-18H2. The minimum absolute atomic E-state index is 0.317. The smallest absolute Gasteiger partial charge is 0.243 e. The molecule has 0 N–H and O–H groups in total. The van der Waals surface area contributed by atoms with Crippen LogP contribution < -0.4 is 4.74 Å². The van der Waals surface area contributed by atoms with Gasteiger partial charge < -0.3 is 14.4 Å². The molecule has 0 aliphatic carbocycles. The number of morpholine rings is 1. The van der Waals surface area contributed by atoms with Crippen LogP contribution in [0.4, 0.5) is 0 Å². The van der Waals surface area contributed by atoms with Crippen LogP contribution in [0.15, 0.2) is 29.2 Å². The van der Waals surface area contributed by atoms with Crippen molar-refractivity contribution in [2.24, 2.45) is 0 Å². The highest BCUT2D eigenvalue weighted by atomic mass is 32.2. The van der Waals surface area contributed by atoms with Gasteiger partial charge in [0.2, 0.25) is 10.0 Å². The Hall–Kier alpha value is -1.19. The lowest BCUT2D eigenvalue weighted by Crippen LogP contribution is -2.41. The predicted molar refractivity (Wildman–Crippen MR) is 112 cm³/mol. The van der Waals surface area contributed by atoms with Crippen LogP contribution in [0.3, 0.4) is 0 Å². The lowest BCUT2D eigenvalue weighted by Gasteiger charge is -2.28. The first-order valence-electron chi connectivity index (χ1n) is 10.9. The molecule has 0 radical (unpaired) electrons. The maximum absolute atomic E-state index is 12.7. The van der Waals surface area contributed by atoms with Crippen molar-refractivity contribution in [3.63, 3.8) is 0 Å². The van der Waals surface area contributed by atoms with Crippen LogP contribution in [0.25, 0.3) is 0 Å². The van der Waals surface area contributed by atoms with Gasteiger partial charge >= 0.3 is 0 Å². The largest absolute Gasteiger partial charge is 0.492 e. The Balaban J connectivity index is 1.26. The highest BCUT2D eigenvalue weighted by molar-refractivity contribution is 7.89. The molecule has 0 spiro atoms. The van der Waals surface area contributed by atoms with E-state index in [4.69, 9.17) is 9.47 Å². The Morgan fingerprint density at radius 1 is 0.966 bits per heavy atom. The molecule has 3 saturated heterocycles. The maximum atomic E-state index is 12.7. The van der Waals surface area contributed by atoms with Gasteiger partial charge in [-0.25, -0.2) is 8.42 Å². The van der Waals surface area contributed by atoms with E-state index in [1.54, 1.807) is 24.3 Å². The predicted octanol–water partition coefficient (Wildman–Crippen LogP) is 1.65. The molecule has 1 atom stereocenters. The van der Waals surface area contributed by atoms with E-state index in [2.05, 4.69) is 9.80 Å². The number of sulfonamides is 1. The monoisotopic (exact) mass is 423 g/mol. The summed E-state index contributed by atoms with van der Waals surface area (Å²) in [5.74, 6) is 0.723. The lowest BCUT2D eigenvalue weighted by molar-refractivity contribution is 0.0730.